The zero-order valence-corrected chi connectivity index (χ0v) is 19.8. The predicted octanol–water partition coefficient (Wildman–Crippen LogP) is 3.62. The quantitative estimate of drug-likeness (QED) is 0.527. The van der Waals surface area contributed by atoms with Crippen molar-refractivity contribution in [1.29, 1.82) is 0 Å². The van der Waals surface area contributed by atoms with Crippen molar-refractivity contribution >= 4 is 29.5 Å². The molecule has 7 nitrogen and oxygen atoms in total. The van der Waals surface area contributed by atoms with Crippen LogP contribution in [0.1, 0.15) is 22.3 Å². The van der Waals surface area contributed by atoms with Gasteiger partial charge < -0.3 is 15.8 Å². The van der Waals surface area contributed by atoms with E-state index in [0.717, 1.165) is 16.7 Å². The molecule has 2 atom stereocenters. The van der Waals surface area contributed by atoms with Crippen molar-refractivity contribution in [3.05, 3.63) is 106 Å². The second kappa shape index (κ2) is 11.1. The maximum absolute atomic E-state index is 13.4. The number of ether oxygens (including phenoxy) is 1. The Labute approximate surface area is 208 Å². The molecule has 4 rings (SSSR count). The van der Waals surface area contributed by atoms with Crippen LogP contribution in [0.3, 0.4) is 0 Å². The molecule has 1 heterocycles. The second-order valence-electron chi connectivity index (χ2n) is 8.42. The van der Waals surface area contributed by atoms with E-state index in [0.29, 0.717) is 17.0 Å². The number of benzene rings is 3. The van der Waals surface area contributed by atoms with E-state index in [2.05, 4.69) is 5.32 Å². The van der Waals surface area contributed by atoms with Crippen LogP contribution >= 0.6 is 11.6 Å². The van der Waals surface area contributed by atoms with Crippen LogP contribution in [0, 0.1) is 0 Å². The molecule has 0 unspecified atom stereocenters. The van der Waals surface area contributed by atoms with Crippen molar-refractivity contribution in [2.24, 2.45) is 5.73 Å². The van der Waals surface area contributed by atoms with Gasteiger partial charge in [-0.25, -0.2) is 4.79 Å². The zero-order chi connectivity index (χ0) is 24.8. The van der Waals surface area contributed by atoms with Crippen molar-refractivity contribution in [1.82, 2.24) is 10.2 Å². The van der Waals surface area contributed by atoms with Gasteiger partial charge in [0.1, 0.15) is 18.7 Å². The van der Waals surface area contributed by atoms with Gasteiger partial charge in [-0.15, -0.1) is 0 Å². The molecule has 0 saturated carbocycles. The molecule has 0 bridgehead atoms. The van der Waals surface area contributed by atoms with Gasteiger partial charge in [-0.1, -0.05) is 84.4 Å². The maximum Gasteiger partial charge on any atom is 0.411 e. The number of halogens is 1. The molecular formula is C27H26ClN3O4. The first-order valence-corrected chi connectivity index (χ1v) is 11.7. The lowest BCUT2D eigenvalue weighted by Crippen LogP contribution is -2.56. The van der Waals surface area contributed by atoms with E-state index in [9.17, 15) is 14.4 Å². The number of hydrogen-bond acceptors (Lipinski definition) is 4. The number of rotatable bonds is 7. The minimum atomic E-state index is -0.984. The third-order valence-electron chi connectivity index (χ3n) is 6.03. The van der Waals surface area contributed by atoms with Gasteiger partial charge in [-0.3, -0.25) is 14.5 Å². The summed E-state index contributed by atoms with van der Waals surface area (Å²) in [5.41, 5.74) is 9.02. The van der Waals surface area contributed by atoms with Crippen LogP contribution in [0.2, 0.25) is 5.02 Å². The van der Waals surface area contributed by atoms with Gasteiger partial charge in [-0.2, -0.15) is 0 Å². The Hall–Kier alpha value is -3.84. The zero-order valence-electron chi connectivity index (χ0n) is 19.0. The minimum Gasteiger partial charge on any atom is -0.445 e. The number of nitrogens with one attached hydrogen (secondary N) is 1. The molecule has 3 aromatic rings. The van der Waals surface area contributed by atoms with Crippen LogP contribution in [0.15, 0.2) is 78.9 Å². The van der Waals surface area contributed by atoms with E-state index in [4.69, 9.17) is 22.1 Å². The van der Waals surface area contributed by atoms with Gasteiger partial charge in [0.05, 0.1) is 6.54 Å². The second-order valence-corrected chi connectivity index (χ2v) is 8.82. The summed E-state index contributed by atoms with van der Waals surface area (Å²) in [7, 11) is 0. The first-order chi connectivity index (χ1) is 16.9. The smallest absolute Gasteiger partial charge is 0.411 e. The van der Waals surface area contributed by atoms with Gasteiger partial charge in [-0.05, 0) is 28.3 Å². The molecule has 0 radical (unpaired) electrons. The predicted molar refractivity (Wildman–Crippen MR) is 132 cm³/mol. The minimum absolute atomic E-state index is 0.0859. The summed E-state index contributed by atoms with van der Waals surface area (Å²) in [6.45, 7) is 0.302. The van der Waals surface area contributed by atoms with E-state index in [1.807, 2.05) is 54.6 Å². The molecule has 3 aromatic carbocycles. The van der Waals surface area contributed by atoms with Crippen molar-refractivity contribution < 1.29 is 19.1 Å². The fraction of sp³-hybridized carbons (Fsp3) is 0.222. The largest absolute Gasteiger partial charge is 0.445 e. The van der Waals surface area contributed by atoms with Crippen molar-refractivity contribution in [2.75, 3.05) is 0 Å². The van der Waals surface area contributed by atoms with Gasteiger partial charge in [0.25, 0.3) is 0 Å². The first kappa shape index (κ1) is 24.3. The third kappa shape index (κ3) is 6.00. The summed E-state index contributed by atoms with van der Waals surface area (Å²) in [6.07, 6.45) is -0.173. The summed E-state index contributed by atoms with van der Waals surface area (Å²) in [6, 6.07) is 22.2. The van der Waals surface area contributed by atoms with E-state index in [-0.39, 0.29) is 19.6 Å². The van der Waals surface area contributed by atoms with Crippen LogP contribution in [0.4, 0.5) is 4.79 Å². The summed E-state index contributed by atoms with van der Waals surface area (Å²) >= 11 is 6.23. The number of carbonyl (C=O) groups is 3. The highest BCUT2D eigenvalue weighted by molar-refractivity contribution is 6.31. The average Bonchev–Trinajstić information content (AvgIpc) is 2.87. The normalized spacial score (nSPS) is 15.6. The Morgan fingerprint density at radius 2 is 1.63 bits per heavy atom. The fourth-order valence-electron chi connectivity index (χ4n) is 4.13. The molecule has 1 aliphatic rings. The molecule has 3 N–H and O–H groups in total. The summed E-state index contributed by atoms with van der Waals surface area (Å²) in [5, 5.41) is 3.21. The SMILES string of the molecule is NC(=O)[C@H](Cc1ccccc1Cl)NC(=O)[C@@H]1Cc2ccccc2CN1C(=O)OCc1ccccc1. The summed E-state index contributed by atoms with van der Waals surface area (Å²) in [5.74, 6) is -1.17. The third-order valence-corrected chi connectivity index (χ3v) is 6.40. The lowest BCUT2D eigenvalue weighted by molar-refractivity contribution is -0.131. The highest BCUT2D eigenvalue weighted by atomic mass is 35.5. The Bertz CT molecular complexity index is 1220. The summed E-state index contributed by atoms with van der Waals surface area (Å²) in [4.78, 5) is 40.0. The Balaban J connectivity index is 1.52. The summed E-state index contributed by atoms with van der Waals surface area (Å²) < 4.78 is 5.52. The van der Waals surface area contributed by atoms with Crippen LogP contribution in [-0.2, 0) is 40.3 Å². The van der Waals surface area contributed by atoms with Crippen molar-refractivity contribution in [3.63, 3.8) is 0 Å². The molecular weight excluding hydrogens is 466 g/mol. The maximum atomic E-state index is 13.4. The van der Waals surface area contributed by atoms with Gasteiger partial charge in [0.15, 0.2) is 0 Å². The number of nitrogens with zero attached hydrogens (tertiary/aromatic N) is 1. The number of nitrogens with two attached hydrogens (primary N) is 1. The number of fused-ring (bicyclic) bond motifs is 1. The highest BCUT2D eigenvalue weighted by Crippen LogP contribution is 2.25. The molecule has 8 heteroatoms. The fourth-order valence-corrected chi connectivity index (χ4v) is 4.34. The monoisotopic (exact) mass is 491 g/mol. The highest BCUT2D eigenvalue weighted by Gasteiger charge is 2.37. The van der Waals surface area contributed by atoms with Gasteiger partial charge >= 0.3 is 6.09 Å². The van der Waals surface area contributed by atoms with Crippen LogP contribution in [0.25, 0.3) is 0 Å². The molecule has 0 aromatic heterocycles. The van der Waals surface area contributed by atoms with Crippen LogP contribution in [-0.4, -0.2) is 34.9 Å². The molecule has 0 aliphatic carbocycles. The molecule has 35 heavy (non-hydrogen) atoms. The van der Waals surface area contributed by atoms with E-state index >= 15 is 0 Å². The Kier molecular flexibility index (Phi) is 7.67. The van der Waals surface area contributed by atoms with Crippen molar-refractivity contribution in [3.8, 4) is 0 Å². The lowest BCUT2D eigenvalue weighted by Gasteiger charge is -2.35. The lowest BCUT2D eigenvalue weighted by atomic mass is 9.93. The number of primary amides is 1. The molecule has 1 aliphatic heterocycles. The van der Waals surface area contributed by atoms with E-state index < -0.39 is 30.0 Å². The molecule has 3 amide bonds. The standard InChI is InChI=1S/C27H26ClN3O4/c28-22-13-7-6-11-20(22)14-23(25(29)32)30-26(33)24-15-19-10-4-5-12-21(19)16-31(24)27(34)35-17-18-8-2-1-3-9-18/h1-13,23-24H,14-17H2,(H2,29,32)(H,30,33)/t23-,24-/m0/s1. The van der Waals surface area contributed by atoms with Crippen LogP contribution in [0.5, 0.6) is 0 Å². The molecule has 0 spiro atoms. The Morgan fingerprint density at radius 1 is 0.971 bits per heavy atom. The topological polar surface area (TPSA) is 102 Å². The number of carbonyl (C=O) groups excluding carboxylic acids is 3. The van der Waals surface area contributed by atoms with Gasteiger partial charge in [0.2, 0.25) is 11.8 Å². The molecule has 0 saturated heterocycles. The van der Waals surface area contributed by atoms with Gasteiger partial charge in [0, 0.05) is 17.9 Å². The molecule has 0 fully saturated rings. The van der Waals surface area contributed by atoms with E-state index in [1.165, 1.54) is 4.90 Å². The number of hydrogen-bond donors (Lipinski definition) is 2. The Morgan fingerprint density at radius 3 is 2.34 bits per heavy atom. The molecule has 180 valence electrons. The first-order valence-electron chi connectivity index (χ1n) is 11.3. The van der Waals surface area contributed by atoms with E-state index in [1.54, 1.807) is 24.3 Å². The van der Waals surface area contributed by atoms with Crippen LogP contribution < -0.4 is 11.1 Å². The van der Waals surface area contributed by atoms with Crippen molar-refractivity contribution in [2.45, 2.75) is 38.1 Å². The average molecular weight is 492 g/mol. The number of amides is 3.